The zero-order valence-electron chi connectivity index (χ0n) is 10.5. The van der Waals surface area contributed by atoms with Crippen molar-refractivity contribution < 1.29 is 0 Å². The first-order valence-corrected chi connectivity index (χ1v) is 7.29. The van der Waals surface area contributed by atoms with Crippen LogP contribution in [-0.2, 0) is 12.8 Å². The van der Waals surface area contributed by atoms with E-state index < -0.39 is 0 Å². The van der Waals surface area contributed by atoms with Crippen LogP contribution in [0.1, 0.15) is 24.6 Å². The number of aromatic nitrogens is 1. The maximum Gasteiger partial charge on any atom is 0.0419 e. The summed E-state index contributed by atoms with van der Waals surface area (Å²) in [6, 6.07) is 4.89. The topological polar surface area (TPSA) is 24.9 Å². The van der Waals surface area contributed by atoms with Gasteiger partial charge >= 0.3 is 0 Å². The smallest absolute Gasteiger partial charge is 0.0419 e. The summed E-state index contributed by atoms with van der Waals surface area (Å²) < 4.78 is 0. The van der Waals surface area contributed by atoms with Crippen LogP contribution in [0.15, 0.2) is 18.3 Å². The van der Waals surface area contributed by atoms with Crippen molar-refractivity contribution in [1.82, 2.24) is 10.3 Å². The van der Waals surface area contributed by atoms with Gasteiger partial charge < -0.3 is 5.32 Å². The Bertz CT molecular complexity index is 284. The zero-order valence-corrected chi connectivity index (χ0v) is 11.3. The molecule has 1 aromatic rings. The molecule has 3 heteroatoms. The van der Waals surface area contributed by atoms with Crippen molar-refractivity contribution >= 4 is 11.8 Å². The summed E-state index contributed by atoms with van der Waals surface area (Å²) in [7, 11) is 2.03. The SMILES string of the molecule is CCc1ccc(CC(CCSC)NC)nc1. The monoisotopic (exact) mass is 238 g/mol. The molecule has 0 saturated heterocycles. The third-order valence-corrected chi connectivity index (χ3v) is 3.47. The first-order valence-electron chi connectivity index (χ1n) is 5.90. The molecule has 1 rings (SSSR count). The molecule has 0 amide bonds. The molecule has 2 nitrogen and oxygen atoms in total. The summed E-state index contributed by atoms with van der Waals surface area (Å²) in [6.45, 7) is 2.16. The number of hydrogen-bond donors (Lipinski definition) is 1. The van der Waals surface area contributed by atoms with Crippen LogP contribution in [0.25, 0.3) is 0 Å². The number of thioether (sulfide) groups is 1. The Morgan fingerprint density at radius 1 is 1.44 bits per heavy atom. The molecule has 0 bridgehead atoms. The van der Waals surface area contributed by atoms with Gasteiger partial charge in [-0.1, -0.05) is 13.0 Å². The van der Waals surface area contributed by atoms with Crippen LogP contribution in [0.3, 0.4) is 0 Å². The van der Waals surface area contributed by atoms with Crippen LogP contribution in [0.2, 0.25) is 0 Å². The summed E-state index contributed by atoms with van der Waals surface area (Å²) in [5.41, 5.74) is 2.51. The highest BCUT2D eigenvalue weighted by atomic mass is 32.2. The number of likely N-dealkylation sites (N-methyl/N-ethyl adjacent to an activating group) is 1. The van der Waals surface area contributed by atoms with Gasteiger partial charge in [0.1, 0.15) is 0 Å². The van der Waals surface area contributed by atoms with Gasteiger partial charge in [0, 0.05) is 24.4 Å². The van der Waals surface area contributed by atoms with Crippen LogP contribution < -0.4 is 5.32 Å². The van der Waals surface area contributed by atoms with Crippen molar-refractivity contribution in [3.05, 3.63) is 29.6 Å². The molecule has 0 aliphatic heterocycles. The van der Waals surface area contributed by atoms with E-state index in [-0.39, 0.29) is 0 Å². The number of nitrogens with one attached hydrogen (secondary N) is 1. The van der Waals surface area contributed by atoms with Gasteiger partial charge in [-0.2, -0.15) is 11.8 Å². The highest BCUT2D eigenvalue weighted by Gasteiger charge is 2.07. The fourth-order valence-corrected chi connectivity index (χ4v) is 2.17. The zero-order chi connectivity index (χ0) is 11.8. The predicted octanol–water partition coefficient (Wildman–Crippen LogP) is 2.53. The first kappa shape index (κ1) is 13.5. The number of rotatable bonds is 7. The lowest BCUT2D eigenvalue weighted by atomic mass is 10.1. The summed E-state index contributed by atoms with van der Waals surface area (Å²) in [4.78, 5) is 4.50. The lowest BCUT2D eigenvalue weighted by molar-refractivity contribution is 0.541. The minimum atomic E-state index is 0.549. The molecule has 0 spiro atoms. The second-order valence-electron chi connectivity index (χ2n) is 3.98. The van der Waals surface area contributed by atoms with E-state index in [2.05, 4.69) is 35.6 Å². The largest absolute Gasteiger partial charge is 0.317 e. The van der Waals surface area contributed by atoms with E-state index >= 15 is 0 Å². The standard InChI is InChI=1S/C13H22N2S/c1-4-11-5-6-13(15-10-11)9-12(14-2)7-8-16-3/h5-6,10,12,14H,4,7-9H2,1-3H3. The Balaban J connectivity index is 2.49. The molecule has 0 radical (unpaired) electrons. The number of aryl methyl sites for hydroxylation is 1. The molecule has 16 heavy (non-hydrogen) atoms. The van der Waals surface area contributed by atoms with Crippen molar-refractivity contribution in [3.8, 4) is 0 Å². The third kappa shape index (κ3) is 4.54. The van der Waals surface area contributed by atoms with E-state index in [0.29, 0.717) is 6.04 Å². The molecule has 1 N–H and O–H groups in total. The molecule has 0 fully saturated rings. The predicted molar refractivity (Wildman–Crippen MR) is 73.2 cm³/mol. The van der Waals surface area contributed by atoms with E-state index in [1.807, 2.05) is 25.0 Å². The van der Waals surface area contributed by atoms with Gasteiger partial charge in [0.25, 0.3) is 0 Å². The number of nitrogens with zero attached hydrogens (tertiary/aromatic N) is 1. The fraction of sp³-hybridized carbons (Fsp3) is 0.615. The highest BCUT2D eigenvalue weighted by molar-refractivity contribution is 7.98. The molecular weight excluding hydrogens is 216 g/mol. The van der Waals surface area contributed by atoms with Crippen LogP contribution in [0.5, 0.6) is 0 Å². The molecule has 1 aromatic heterocycles. The van der Waals surface area contributed by atoms with Crippen LogP contribution >= 0.6 is 11.8 Å². The summed E-state index contributed by atoms with van der Waals surface area (Å²) in [6.07, 6.45) is 7.45. The van der Waals surface area contributed by atoms with Gasteiger partial charge in [-0.25, -0.2) is 0 Å². The van der Waals surface area contributed by atoms with Crippen molar-refractivity contribution in [2.75, 3.05) is 19.1 Å². The van der Waals surface area contributed by atoms with Crippen LogP contribution in [0, 0.1) is 0 Å². The molecule has 1 unspecified atom stereocenters. The lowest BCUT2D eigenvalue weighted by Gasteiger charge is -2.15. The molecule has 0 aromatic carbocycles. The van der Waals surface area contributed by atoms with Crippen molar-refractivity contribution in [2.24, 2.45) is 0 Å². The molecule has 0 saturated carbocycles. The fourth-order valence-electron chi connectivity index (χ4n) is 1.65. The Kier molecular flexibility index (Phi) is 6.50. The number of pyridine rings is 1. The summed E-state index contributed by atoms with van der Waals surface area (Å²) in [5.74, 6) is 1.21. The second kappa shape index (κ2) is 7.69. The molecular formula is C13H22N2S. The highest BCUT2D eigenvalue weighted by Crippen LogP contribution is 2.07. The van der Waals surface area contributed by atoms with Crippen molar-refractivity contribution in [2.45, 2.75) is 32.2 Å². The van der Waals surface area contributed by atoms with Gasteiger partial charge in [0.05, 0.1) is 0 Å². The van der Waals surface area contributed by atoms with E-state index in [0.717, 1.165) is 12.8 Å². The molecule has 0 aliphatic carbocycles. The van der Waals surface area contributed by atoms with Crippen molar-refractivity contribution in [1.29, 1.82) is 0 Å². The van der Waals surface area contributed by atoms with Gasteiger partial charge in [-0.15, -0.1) is 0 Å². The third-order valence-electron chi connectivity index (χ3n) is 2.83. The quantitative estimate of drug-likeness (QED) is 0.790. The summed E-state index contributed by atoms with van der Waals surface area (Å²) >= 11 is 1.90. The minimum Gasteiger partial charge on any atom is -0.317 e. The van der Waals surface area contributed by atoms with E-state index in [1.165, 1.54) is 23.4 Å². The van der Waals surface area contributed by atoms with Gasteiger partial charge in [0.2, 0.25) is 0 Å². The Morgan fingerprint density at radius 3 is 2.75 bits per heavy atom. The van der Waals surface area contributed by atoms with Crippen molar-refractivity contribution in [3.63, 3.8) is 0 Å². The Labute approximate surface area is 103 Å². The average Bonchev–Trinajstić information content (AvgIpc) is 2.35. The first-order chi connectivity index (χ1) is 7.80. The van der Waals surface area contributed by atoms with E-state index in [9.17, 15) is 0 Å². The van der Waals surface area contributed by atoms with Crippen LogP contribution in [-0.4, -0.2) is 30.1 Å². The van der Waals surface area contributed by atoms with Gasteiger partial charge in [-0.3, -0.25) is 4.98 Å². The molecule has 0 aliphatic rings. The van der Waals surface area contributed by atoms with Crippen LogP contribution in [0.4, 0.5) is 0 Å². The molecule has 1 atom stereocenters. The maximum absolute atomic E-state index is 4.50. The molecule has 90 valence electrons. The lowest BCUT2D eigenvalue weighted by Crippen LogP contribution is -2.28. The van der Waals surface area contributed by atoms with Gasteiger partial charge in [-0.05, 0) is 43.5 Å². The Hall–Kier alpha value is -0.540. The maximum atomic E-state index is 4.50. The van der Waals surface area contributed by atoms with Gasteiger partial charge in [0.15, 0.2) is 0 Å². The van der Waals surface area contributed by atoms with E-state index in [1.54, 1.807) is 0 Å². The normalized spacial score (nSPS) is 12.7. The second-order valence-corrected chi connectivity index (χ2v) is 4.97. The Morgan fingerprint density at radius 2 is 2.25 bits per heavy atom. The minimum absolute atomic E-state index is 0.549. The number of hydrogen-bond acceptors (Lipinski definition) is 3. The van der Waals surface area contributed by atoms with E-state index in [4.69, 9.17) is 0 Å². The average molecular weight is 238 g/mol. The summed E-state index contributed by atoms with van der Waals surface area (Å²) in [5, 5.41) is 3.36. The molecule has 1 heterocycles.